The summed E-state index contributed by atoms with van der Waals surface area (Å²) in [6.07, 6.45) is 3.05. The minimum absolute atomic E-state index is 0.00773. The molecule has 150 valence electrons. The minimum Gasteiger partial charge on any atom is -0.497 e. The SMILES string of the molecule is COc1ccc(S(=O)(=O)N2CCN(C(=O)c3cccnc3)CC2CNO)cc1. The number of sulfonamides is 1. The number of piperazine rings is 1. The molecule has 28 heavy (non-hydrogen) atoms. The fourth-order valence-corrected chi connectivity index (χ4v) is 4.77. The second-order valence-electron chi connectivity index (χ2n) is 6.30. The van der Waals surface area contributed by atoms with Crippen molar-refractivity contribution >= 4 is 15.9 Å². The van der Waals surface area contributed by atoms with Gasteiger partial charge < -0.3 is 14.8 Å². The third kappa shape index (κ3) is 4.14. The number of hydroxylamine groups is 1. The van der Waals surface area contributed by atoms with Gasteiger partial charge in [0.05, 0.1) is 23.6 Å². The Kier molecular flexibility index (Phi) is 6.25. The zero-order valence-corrected chi connectivity index (χ0v) is 16.2. The highest BCUT2D eigenvalue weighted by atomic mass is 32.2. The summed E-state index contributed by atoms with van der Waals surface area (Å²) < 4.78 is 32.5. The number of amides is 1. The molecular weight excluding hydrogens is 384 g/mol. The molecule has 1 aromatic heterocycles. The van der Waals surface area contributed by atoms with E-state index in [1.807, 2.05) is 5.48 Å². The molecule has 0 radical (unpaired) electrons. The highest BCUT2D eigenvalue weighted by molar-refractivity contribution is 7.89. The van der Waals surface area contributed by atoms with Crippen LogP contribution in [0.25, 0.3) is 0 Å². The molecule has 1 aromatic carbocycles. The Bertz CT molecular complexity index is 905. The standard InChI is InChI=1S/C18H22N4O5S/c1-27-16-4-6-17(7-5-16)28(25,26)22-10-9-21(13-15(22)12-20-24)18(23)14-3-2-8-19-11-14/h2-8,11,15,20,24H,9-10,12-13H2,1H3. The molecule has 3 rings (SSSR count). The highest BCUT2D eigenvalue weighted by Crippen LogP contribution is 2.24. The van der Waals surface area contributed by atoms with Gasteiger partial charge in [-0.3, -0.25) is 9.78 Å². The highest BCUT2D eigenvalue weighted by Gasteiger charge is 2.37. The average Bonchev–Trinajstić information content (AvgIpc) is 2.74. The van der Waals surface area contributed by atoms with Gasteiger partial charge in [0, 0.05) is 38.6 Å². The smallest absolute Gasteiger partial charge is 0.255 e. The number of aromatic nitrogens is 1. The normalized spacial score (nSPS) is 18.1. The average molecular weight is 406 g/mol. The molecule has 2 aromatic rings. The molecular formula is C18H22N4O5S. The van der Waals surface area contributed by atoms with E-state index in [2.05, 4.69) is 4.98 Å². The summed E-state index contributed by atoms with van der Waals surface area (Å²) in [6, 6.07) is 8.82. The van der Waals surface area contributed by atoms with Crippen LogP contribution in [0.4, 0.5) is 0 Å². The Morgan fingerprint density at radius 2 is 2.04 bits per heavy atom. The maximum absolute atomic E-state index is 13.1. The van der Waals surface area contributed by atoms with E-state index in [9.17, 15) is 18.4 Å². The van der Waals surface area contributed by atoms with Crippen LogP contribution in [-0.4, -0.2) is 73.1 Å². The lowest BCUT2D eigenvalue weighted by molar-refractivity contribution is 0.0563. The molecule has 2 heterocycles. The van der Waals surface area contributed by atoms with Crippen molar-refractivity contribution in [2.24, 2.45) is 0 Å². The van der Waals surface area contributed by atoms with E-state index in [0.717, 1.165) is 0 Å². The third-order valence-corrected chi connectivity index (χ3v) is 6.58. The molecule has 1 aliphatic heterocycles. The first-order valence-electron chi connectivity index (χ1n) is 8.69. The minimum atomic E-state index is -3.80. The van der Waals surface area contributed by atoms with E-state index < -0.39 is 16.1 Å². The first-order valence-corrected chi connectivity index (χ1v) is 10.1. The molecule has 1 atom stereocenters. The summed E-state index contributed by atoms with van der Waals surface area (Å²) in [5.74, 6) is 0.331. The summed E-state index contributed by atoms with van der Waals surface area (Å²) in [5, 5.41) is 9.18. The largest absolute Gasteiger partial charge is 0.497 e. The molecule has 0 spiro atoms. The molecule has 2 N–H and O–H groups in total. The number of nitrogens with one attached hydrogen (secondary N) is 1. The van der Waals surface area contributed by atoms with Crippen LogP contribution in [-0.2, 0) is 10.0 Å². The Balaban J connectivity index is 1.81. The maximum Gasteiger partial charge on any atom is 0.255 e. The van der Waals surface area contributed by atoms with Gasteiger partial charge in [0.15, 0.2) is 0 Å². The summed E-state index contributed by atoms with van der Waals surface area (Å²) in [5.41, 5.74) is 2.47. The van der Waals surface area contributed by atoms with Crippen LogP contribution in [0.2, 0.25) is 0 Å². The van der Waals surface area contributed by atoms with Gasteiger partial charge in [-0.2, -0.15) is 4.31 Å². The number of hydrogen-bond donors (Lipinski definition) is 2. The van der Waals surface area contributed by atoms with Crippen LogP contribution in [0.1, 0.15) is 10.4 Å². The van der Waals surface area contributed by atoms with Gasteiger partial charge in [-0.1, -0.05) is 0 Å². The van der Waals surface area contributed by atoms with Crippen LogP contribution in [0.3, 0.4) is 0 Å². The van der Waals surface area contributed by atoms with Gasteiger partial charge in [0.1, 0.15) is 5.75 Å². The summed E-state index contributed by atoms with van der Waals surface area (Å²) >= 11 is 0. The maximum atomic E-state index is 13.1. The number of methoxy groups -OCH3 is 1. The van der Waals surface area contributed by atoms with Gasteiger partial charge in [-0.05, 0) is 36.4 Å². The number of rotatable bonds is 6. The van der Waals surface area contributed by atoms with Gasteiger partial charge in [0.25, 0.3) is 5.91 Å². The summed E-state index contributed by atoms with van der Waals surface area (Å²) in [6.45, 7) is 0.501. The first kappa shape index (κ1) is 20.2. The van der Waals surface area contributed by atoms with Gasteiger partial charge in [-0.15, -0.1) is 0 Å². The van der Waals surface area contributed by atoms with Gasteiger partial charge in [-0.25, -0.2) is 13.9 Å². The summed E-state index contributed by atoms with van der Waals surface area (Å²) in [4.78, 5) is 18.3. The van der Waals surface area contributed by atoms with Crippen molar-refractivity contribution in [1.29, 1.82) is 0 Å². The fraction of sp³-hybridized carbons (Fsp3) is 0.333. The summed E-state index contributed by atoms with van der Waals surface area (Å²) in [7, 11) is -2.29. The Labute approximate surface area is 163 Å². The molecule has 1 aliphatic rings. The number of pyridine rings is 1. The lowest BCUT2D eigenvalue weighted by Gasteiger charge is -2.40. The van der Waals surface area contributed by atoms with Crippen LogP contribution in [0.5, 0.6) is 5.75 Å². The third-order valence-electron chi connectivity index (χ3n) is 4.62. The Morgan fingerprint density at radius 1 is 1.29 bits per heavy atom. The number of ether oxygens (including phenoxy) is 1. The molecule has 0 bridgehead atoms. The van der Waals surface area contributed by atoms with Crippen molar-refractivity contribution in [3.05, 3.63) is 54.4 Å². The number of carbonyl (C=O) groups is 1. The van der Waals surface area contributed by atoms with Gasteiger partial charge >= 0.3 is 0 Å². The first-order chi connectivity index (χ1) is 13.5. The van der Waals surface area contributed by atoms with E-state index in [1.165, 1.54) is 29.7 Å². The van der Waals surface area contributed by atoms with Crippen molar-refractivity contribution in [3.8, 4) is 5.75 Å². The molecule has 1 fully saturated rings. The second kappa shape index (κ2) is 8.65. The molecule has 9 nitrogen and oxygen atoms in total. The van der Waals surface area contributed by atoms with Crippen LogP contribution in [0, 0.1) is 0 Å². The van der Waals surface area contributed by atoms with E-state index in [1.54, 1.807) is 35.4 Å². The number of hydrogen-bond acceptors (Lipinski definition) is 7. The lowest BCUT2D eigenvalue weighted by Crippen LogP contribution is -2.59. The quantitative estimate of drug-likeness (QED) is 0.675. The van der Waals surface area contributed by atoms with Crippen LogP contribution < -0.4 is 10.2 Å². The molecule has 1 amide bonds. The van der Waals surface area contributed by atoms with Crippen LogP contribution in [0.15, 0.2) is 53.7 Å². The fourth-order valence-electron chi connectivity index (χ4n) is 3.17. The van der Waals surface area contributed by atoms with Crippen molar-refractivity contribution in [1.82, 2.24) is 19.7 Å². The predicted octanol–water partition coefficient (Wildman–Crippen LogP) is 0.584. The zero-order valence-electron chi connectivity index (χ0n) is 15.4. The van der Waals surface area contributed by atoms with E-state index in [4.69, 9.17) is 4.74 Å². The molecule has 10 heteroatoms. The number of benzene rings is 1. The van der Waals surface area contributed by atoms with Crippen molar-refractivity contribution in [2.45, 2.75) is 10.9 Å². The Morgan fingerprint density at radius 3 is 2.64 bits per heavy atom. The predicted molar refractivity (Wildman–Crippen MR) is 101 cm³/mol. The molecule has 0 aliphatic carbocycles. The van der Waals surface area contributed by atoms with Crippen molar-refractivity contribution in [2.75, 3.05) is 33.3 Å². The number of nitrogens with zero attached hydrogens (tertiary/aromatic N) is 3. The monoisotopic (exact) mass is 406 g/mol. The molecule has 1 unspecified atom stereocenters. The zero-order chi connectivity index (χ0) is 20.1. The topological polar surface area (TPSA) is 112 Å². The van der Waals surface area contributed by atoms with Crippen molar-refractivity contribution in [3.63, 3.8) is 0 Å². The second-order valence-corrected chi connectivity index (χ2v) is 8.19. The van der Waals surface area contributed by atoms with Crippen molar-refractivity contribution < 1.29 is 23.2 Å². The Hall–Kier alpha value is -2.53. The van der Waals surface area contributed by atoms with Gasteiger partial charge in [0.2, 0.25) is 10.0 Å². The molecule has 0 saturated carbocycles. The van der Waals surface area contributed by atoms with E-state index in [0.29, 0.717) is 11.3 Å². The molecule has 1 saturated heterocycles. The van der Waals surface area contributed by atoms with E-state index >= 15 is 0 Å². The van der Waals surface area contributed by atoms with E-state index in [-0.39, 0.29) is 37.0 Å². The lowest BCUT2D eigenvalue weighted by atomic mass is 10.1. The number of carbonyl (C=O) groups excluding carboxylic acids is 1. The van der Waals surface area contributed by atoms with Crippen LogP contribution >= 0.6 is 0 Å².